The largest absolute Gasteiger partial charge is 0.376 e. The summed E-state index contributed by atoms with van der Waals surface area (Å²) in [5, 5.41) is 7.71. The second-order valence-corrected chi connectivity index (χ2v) is 5.03. The van der Waals surface area contributed by atoms with Crippen LogP contribution in [0.5, 0.6) is 0 Å². The van der Waals surface area contributed by atoms with Gasteiger partial charge in [-0.2, -0.15) is 4.98 Å². The number of hydrogen-bond donors (Lipinski definition) is 1. The Morgan fingerprint density at radius 1 is 1.14 bits per heavy atom. The molecule has 5 nitrogen and oxygen atoms in total. The molecule has 0 atom stereocenters. The van der Waals surface area contributed by atoms with Gasteiger partial charge in [-0.15, -0.1) is 0 Å². The number of aromatic nitrogens is 3. The molecule has 0 amide bonds. The van der Waals surface area contributed by atoms with Gasteiger partial charge < -0.3 is 9.84 Å². The van der Waals surface area contributed by atoms with E-state index < -0.39 is 0 Å². The van der Waals surface area contributed by atoms with Gasteiger partial charge in [-0.1, -0.05) is 34.5 Å². The van der Waals surface area contributed by atoms with Crippen molar-refractivity contribution in [2.75, 3.05) is 5.32 Å². The maximum Gasteiger partial charge on any atom is 0.246 e. The van der Waals surface area contributed by atoms with Crippen molar-refractivity contribution < 1.29 is 4.52 Å². The summed E-state index contributed by atoms with van der Waals surface area (Å²) in [7, 11) is 0. The van der Waals surface area contributed by atoms with Gasteiger partial charge in [0.2, 0.25) is 11.7 Å². The number of benzene rings is 1. The molecule has 0 fully saturated rings. The van der Waals surface area contributed by atoms with E-state index in [0.717, 1.165) is 5.69 Å². The van der Waals surface area contributed by atoms with Crippen LogP contribution in [-0.2, 0) is 6.54 Å². The standard InChI is InChI=1S/C15H13ClN4O/c1-10-2-5-12(6-3-10)17-9-14-19-15(20-21-14)13-7-4-11(16)8-18-13/h2-8,17H,9H2,1H3. The molecule has 0 saturated heterocycles. The number of anilines is 1. The smallest absolute Gasteiger partial charge is 0.246 e. The number of nitrogens with one attached hydrogen (secondary N) is 1. The Morgan fingerprint density at radius 3 is 2.67 bits per heavy atom. The average Bonchev–Trinajstić information content (AvgIpc) is 2.96. The van der Waals surface area contributed by atoms with Crippen molar-refractivity contribution in [2.24, 2.45) is 0 Å². The van der Waals surface area contributed by atoms with E-state index in [9.17, 15) is 0 Å². The zero-order chi connectivity index (χ0) is 14.7. The molecule has 3 rings (SSSR count). The maximum absolute atomic E-state index is 5.80. The molecule has 0 bridgehead atoms. The van der Waals surface area contributed by atoms with E-state index in [-0.39, 0.29) is 0 Å². The minimum atomic E-state index is 0.451. The van der Waals surface area contributed by atoms with Gasteiger partial charge in [-0.05, 0) is 31.2 Å². The van der Waals surface area contributed by atoms with Crippen LogP contribution in [0.15, 0.2) is 47.1 Å². The highest BCUT2D eigenvalue weighted by Crippen LogP contribution is 2.16. The summed E-state index contributed by atoms with van der Waals surface area (Å²) in [6.07, 6.45) is 1.55. The Labute approximate surface area is 127 Å². The lowest BCUT2D eigenvalue weighted by atomic mass is 10.2. The van der Waals surface area contributed by atoms with Crippen LogP contribution in [0.2, 0.25) is 5.02 Å². The minimum Gasteiger partial charge on any atom is -0.376 e. The predicted molar refractivity (Wildman–Crippen MR) is 81.0 cm³/mol. The maximum atomic E-state index is 5.80. The summed E-state index contributed by atoms with van der Waals surface area (Å²) in [4.78, 5) is 8.45. The third-order valence-electron chi connectivity index (χ3n) is 2.92. The molecule has 106 valence electrons. The van der Waals surface area contributed by atoms with Crippen molar-refractivity contribution in [1.82, 2.24) is 15.1 Å². The van der Waals surface area contributed by atoms with Gasteiger partial charge in [-0.3, -0.25) is 4.98 Å². The van der Waals surface area contributed by atoms with Gasteiger partial charge >= 0.3 is 0 Å². The van der Waals surface area contributed by atoms with Crippen LogP contribution in [-0.4, -0.2) is 15.1 Å². The zero-order valence-electron chi connectivity index (χ0n) is 11.4. The summed E-state index contributed by atoms with van der Waals surface area (Å²) < 4.78 is 5.20. The van der Waals surface area contributed by atoms with Gasteiger partial charge in [0.1, 0.15) is 5.69 Å². The summed E-state index contributed by atoms with van der Waals surface area (Å²) in [5.41, 5.74) is 2.85. The number of rotatable bonds is 4. The lowest BCUT2D eigenvalue weighted by Gasteiger charge is -2.02. The van der Waals surface area contributed by atoms with Crippen molar-refractivity contribution in [3.8, 4) is 11.5 Å². The molecule has 3 aromatic rings. The molecule has 21 heavy (non-hydrogen) atoms. The van der Waals surface area contributed by atoms with Gasteiger partial charge in [0, 0.05) is 11.9 Å². The first-order valence-corrected chi connectivity index (χ1v) is 6.83. The molecule has 1 N–H and O–H groups in total. The minimum absolute atomic E-state index is 0.451. The highest BCUT2D eigenvalue weighted by Gasteiger charge is 2.09. The highest BCUT2D eigenvalue weighted by molar-refractivity contribution is 6.30. The Hall–Kier alpha value is -2.40. The number of hydrogen-bond acceptors (Lipinski definition) is 5. The molecule has 0 aliphatic heterocycles. The fourth-order valence-electron chi connectivity index (χ4n) is 1.79. The first kappa shape index (κ1) is 13.6. The van der Waals surface area contributed by atoms with Crippen LogP contribution in [0.4, 0.5) is 5.69 Å². The fourth-order valence-corrected chi connectivity index (χ4v) is 1.90. The predicted octanol–water partition coefficient (Wildman–Crippen LogP) is 3.71. The molecular weight excluding hydrogens is 288 g/mol. The van der Waals surface area contributed by atoms with Crippen LogP contribution in [0.3, 0.4) is 0 Å². The molecular formula is C15H13ClN4O. The number of aryl methyl sites for hydroxylation is 1. The molecule has 2 heterocycles. The summed E-state index contributed by atoms with van der Waals surface area (Å²) in [6.45, 7) is 2.51. The quantitative estimate of drug-likeness (QED) is 0.796. The molecule has 0 aliphatic carbocycles. The van der Waals surface area contributed by atoms with E-state index in [0.29, 0.717) is 29.0 Å². The lowest BCUT2D eigenvalue weighted by Crippen LogP contribution is -1.99. The Morgan fingerprint density at radius 2 is 1.95 bits per heavy atom. The molecule has 0 unspecified atom stereocenters. The average molecular weight is 301 g/mol. The molecule has 1 aromatic carbocycles. The first-order chi connectivity index (χ1) is 10.2. The van der Waals surface area contributed by atoms with Crippen molar-refractivity contribution in [3.05, 3.63) is 59.1 Å². The fraction of sp³-hybridized carbons (Fsp3) is 0.133. The van der Waals surface area contributed by atoms with Crippen molar-refractivity contribution in [3.63, 3.8) is 0 Å². The SMILES string of the molecule is Cc1ccc(NCc2nc(-c3ccc(Cl)cn3)no2)cc1. The van der Waals surface area contributed by atoms with E-state index >= 15 is 0 Å². The number of pyridine rings is 1. The second kappa shape index (κ2) is 5.93. The Bertz CT molecular complexity index is 722. The van der Waals surface area contributed by atoms with Gasteiger partial charge in [0.25, 0.3) is 0 Å². The molecule has 6 heteroatoms. The number of nitrogens with zero attached hydrogens (tertiary/aromatic N) is 3. The zero-order valence-corrected chi connectivity index (χ0v) is 12.1. The van der Waals surface area contributed by atoms with Gasteiger partial charge in [0.05, 0.1) is 11.6 Å². The Balaban J connectivity index is 1.67. The molecule has 0 aliphatic rings. The van der Waals surface area contributed by atoms with E-state index in [1.54, 1.807) is 18.3 Å². The lowest BCUT2D eigenvalue weighted by molar-refractivity contribution is 0.384. The topological polar surface area (TPSA) is 63.8 Å². The van der Waals surface area contributed by atoms with E-state index in [1.807, 2.05) is 31.2 Å². The van der Waals surface area contributed by atoms with Crippen LogP contribution in [0.1, 0.15) is 11.5 Å². The van der Waals surface area contributed by atoms with E-state index in [4.69, 9.17) is 16.1 Å². The Kier molecular flexibility index (Phi) is 3.83. The molecule has 2 aromatic heterocycles. The first-order valence-electron chi connectivity index (χ1n) is 6.46. The summed E-state index contributed by atoms with van der Waals surface area (Å²) in [5.74, 6) is 0.953. The second-order valence-electron chi connectivity index (χ2n) is 4.59. The van der Waals surface area contributed by atoms with Crippen LogP contribution < -0.4 is 5.32 Å². The third kappa shape index (κ3) is 3.38. The summed E-state index contributed by atoms with van der Waals surface area (Å²) >= 11 is 5.80. The normalized spacial score (nSPS) is 10.6. The van der Waals surface area contributed by atoms with Crippen molar-refractivity contribution in [2.45, 2.75) is 13.5 Å². The molecule has 0 saturated carbocycles. The van der Waals surface area contributed by atoms with E-state index in [2.05, 4.69) is 20.4 Å². The highest BCUT2D eigenvalue weighted by atomic mass is 35.5. The molecule has 0 radical (unpaired) electrons. The van der Waals surface area contributed by atoms with Crippen LogP contribution in [0.25, 0.3) is 11.5 Å². The third-order valence-corrected chi connectivity index (χ3v) is 3.14. The van der Waals surface area contributed by atoms with Crippen molar-refractivity contribution >= 4 is 17.3 Å². The van der Waals surface area contributed by atoms with Crippen LogP contribution >= 0.6 is 11.6 Å². The summed E-state index contributed by atoms with van der Waals surface area (Å²) in [6, 6.07) is 11.6. The van der Waals surface area contributed by atoms with Crippen LogP contribution in [0, 0.1) is 6.92 Å². The monoisotopic (exact) mass is 300 g/mol. The van der Waals surface area contributed by atoms with Gasteiger partial charge in [0.15, 0.2) is 0 Å². The molecule has 0 spiro atoms. The van der Waals surface area contributed by atoms with E-state index in [1.165, 1.54) is 5.56 Å². The van der Waals surface area contributed by atoms with Crippen molar-refractivity contribution in [1.29, 1.82) is 0 Å². The van der Waals surface area contributed by atoms with Gasteiger partial charge in [-0.25, -0.2) is 0 Å². The number of halogens is 1.